The number of hydrogen-bond acceptors (Lipinski definition) is 1. The molecule has 20 heavy (non-hydrogen) atoms. The van der Waals surface area contributed by atoms with Crippen LogP contribution in [-0.4, -0.2) is 5.91 Å². The molecule has 2 rings (SSSR count). The molecule has 1 N–H and O–H groups in total. The van der Waals surface area contributed by atoms with Crippen molar-refractivity contribution >= 4 is 39.1 Å². The molecular weight excluding hydrogens is 338 g/mol. The van der Waals surface area contributed by atoms with Crippen LogP contribution < -0.4 is 5.32 Å². The van der Waals surface area contributed by atoms with Crippen LogP contribution in [0, 0.1) is 6.92 Å². The van der Waals surface area contributed by atoms with Gasteiger partial charge in [-0.1, -0.05) is 41.4 Å². The molecule has 1 amide bonds. The number of hydrogen-bond donors (Lipinski definition) is 1. The van der Waals surface area contributed by atoms with Gasteiger partial charge in [0.1, 0.15) is 0 Å². The summed E-state index contributed by atoms with van der Waals surface area (Å²) in [4.78, 5) is 11.9. The molecule has 0 bridgehead atoms. The lowest BCUT2D eigenvalue weighted by atomic mass is 10.1. The molecule has 2 aromatic carbocycles. The lowest BCUT2D eigenvalue weighted by Crippen LogP contribution is -2.12. The molecule has 0 aromatic heterocycles. The molecule has 2 nitrogen and oxygen atoms in total. The Labute approximate surface area is 132 Å². The highest BCUT2D eigenvalue weighted by molar-refractivity contribution is 9.10. The highest BCUT2D eigenvalue weighted by Crippen LogP contribution is 2.26. The molecule has 0 atom stereocenters. The van der Waals surface area contributed by atoms with Crippen molar-refractivity contribution in [2.24, 2.45) is 0 Å². The topological polar surface area (TPSA) is 29.1 Å². The molecule has 0 aliphatic rings. The van der Waals surface area contributed by atoms with Gasteiger partial charge >= 0.3 is 0 Å². The molecule has 0 aliphatic carbocycles. The third-order valence-electron chi connectivity index (χ3n) is 2.97. The largest absolute Gasteiger partial charge is 0.325 e. The molecule has 4 heteroatoms. The van der Waals surface area contributed by atoms with Gasteiger partial charge in [-0.3, -0.25) is 4.79 Å². The summed E-state index contributed by atoms with van der Waals surface area (Å²) in [5.41, 5.74) is 3.13. The Kier molecular flexibility index (Phi) is 5.21. The van der Waals surface area contributed by atoms with Gasteiger partial charge in [0, 0.05) is 15.9 Å². The summed E-state index contributed by atoms with van der Waals surface area (Å²) in [6.07, 6.45) is 1.19. The highest BCUT2D eigenvalue weighted by atomic mass is 79.9. The minimum absolute atomic E-state index is 0.00593. The zero-order chi connectivity index (χ0) is 14.5. The van der Waals surface area contributed by atoms with Crippen molar-refractivity contribution in [2.45, 2.75) is 19.8 Å². The Morgan fingerprint density at radius 2 is 1.90 bits per heavy atom. The van der Waals surface area contributed by atoms with Gasteiger partial charge in [0.2, 0.25) is 5.91 Å². The first kappa shape index (κ1) is 15.1. The van der Waals surface area contributed by atoms with Gasteiger partial charge in [0.15, 0.2) is 0 Å². The van der Waals surface area contributed by atoms with E-state index < -0.39 is 0 Å². The van der Waals surface area contributed by atoms with Crippen molar-refractivity contribution in [2.75, 3.05) is 5.32 Å². The van der Waals surface area contributed by atoms with Gasteiger partial charge in [-0.25, -0.2) is 0 Å². The smallest absolute Gasteiger partial charge is 0.224 e. The van der Waals surface area contributed by atoms with Crippen molar-refractivity contribution in [3.05, 3.63) is 63.1 Å². The highest BCUT2D eigenvalue weighted by Gasteiger charge is 2.06. The Hall–Kier alpha value is -1.32. The van der Waals surface area contributed by atoms with Crippen molar-refractivity contribution in [3.8, 4) is 0 Å². The fourth-order valence-electron chi connectivity index (χ4n) is 1.82. The fraction of sp³-hybridized carbons (Fsp3) is 0.188. The van der Waals surface area contributed by atoms with Gasteiger partial charge in [0.05, 0.1) is 5.69 Å². The number of rotatable bonds is 4. The summed E-state index contributed by atoms with van der Waals surface area (Å²) in [6.45, 7) is 2.05. The van der Waals surface area contributed by atoms with Crippen LogP contribution >= 0.6 is 27.5 Å². The summed E-state index contributed by atoms with van der Waals surface area (Å²) in [5.74, 6) is -0.00593. The van der Waals surface area contributed by atoms with E-state index in [-0.39, 0.29) is 5.91 Å². The second-order valence-electron chi connectivity index (χ2n) is 4.66. The maximum atomic E-state index is 11.9. The maximum absolute atomic E-state index is 11.9. The summed E-state index contributed by atoms with van der Waals surface area (Å²) in [7, 11) is 0. The van der Waals surface area contributed by atoms with E-state index in [1.54, 1.807) is 18.2 Å². The molecule has 0 heterocycles. The first-order valence-electron chi connectivity index (χ1n) is 6.35. The van der Waals surface area contributed by atoms with Crippen LogP contribution in [0.15, 0.2) is 46.9 Å². The molecule has 2 aromatic rings. The molecule has 104 valence electrons. The molecule has 0 fully saturated rings. The van der Waals surface area contributed by atoms with Gasteiger partial charge in [-0.05, 0) is 53.0 Å². The van der Waals surface area contributed by atoms with E-state index >= 15 is 0 Å². The van der Waals surface area contributed by atoms with Crippen molar-refractivity contribution in [3.63, 3.8) is 0 Å². The molecule has 0 saturated carbocycles. The molecular formula is C16H15BrClNO. The number of halogens is 2. The monoisotopic (exact) mass is 351 g/mol. The Morgan fingerprint density at radius 1 is 1.20 bits per heavy atom. The molecule has 0 saturated heterocycles. The Morgan fingerprint density at radius 3 is 2.55 bits per heavy atom. The van der Waals surface area contributed by atoms with Crippen LogP contribution in [0.3, 0.4) is 0 Å². The average molecular weight is 353 g/mol. The Bertz CT molecular complexity index is 610. The second-order valence-corrected chi connectivity index (χ2v) is 5.95. The number of aryl methyl sites for hydroxylation is 2. The standard InChI is InChI=1S/C16H15BrClNO/c1-11-2-4-12(5-3-11)6-9-16(20)19-15-8-7-13(18)10-14(15)17/h2-5,7-8,10H,6,9H2,1H3,(H,19,20). The molecule has 0 spiro atoms. The van der Waals surface area contributed by atoms with Crippen molar-refractivity contribution in [1.29, 1.82) is 0 Å². The van der Waals surface area contributed by atoms with E-state index in [1.165, 1.54) is 11.1 Å². The fourth-order valence-corrected chi connectivity index (χ4v) is 2.60. The number of carbonyl (C=O) groups is 1. The predicted molar refractivity (Wildman–Crippen MR) is 87.3 cm³/mol. The van der Waals surface area contributed by atoms with Crippen LogP contribution in [0.4, 0.5) is 5.69 Å². The van der Waals surface area contributed by atoms with E-state index in [2.05, 4.69) is 52.4 Å². The average Bonchev–Trinajstić information content (AvgIpc) is 2.41. The predicted octanol–water partition coefficient (Wildman–Crippen LogP) is 4.98. The quantitative estimate of drug-likeness (QED) is 0.826. The summed E-state index contributed by atoms with van der Waals surface area (Å²) < 4.78 is 0.786. The van der Waals surface area contributed by atoms with E-state index in [9.17, 15) is 4.79 Å². The van der Waals surface area contributed by atoms with Crippen LogP contribution in [0.2, 0.25) is 5.02 Å². The number of nitrogens with one attached hydrogen (secondary N) is 1. The van der Waals surface area contributed by atoms with Crippen LogP contribution in [0.25, 0.3) is 0 Å². The van der Waals surface area contributed by atoms with E-state index in [1.807, 2.05) is 0 Å². The number of anilines is 1. The zero-order valence-corrected chi connectivity index (χ0v) is 13.5. The molecule has 0 radical (unpaired) electrons. The molecule has 0 aliphatic heterocycles. The SMILES string of the molecule is Cc1ccc(CCC(=O)Nc2ccc(Cl)cc2Br)cc1. The van der Waals surface area contributed by atoms with Crippen molar-refractivity contribution < 1.29 is 4.79 Å². The number of benzene rings is 2. The number of carbonyl (C=O) groups excluding carboxylic acids is 1. The minimum Gasteiger partial charge on any atom is -0.325 e. The summed E-state index contributed by atoms with van der Waals surface area (Å²) in [6, 6.07) is 13.5. The Balaban J connectivity index is 1.90. The summed E-state index contributed by atoms with van der Waals surface area (Å²) >= 11 is 9.25. The van der Waals surface area contributed by atoms with E-state index in [0.29, 0.717) is 11.4 Å². The maximum Gasteiger partial charge on any atom is 0.224 e. The van der Waals surface area contributed by atoms with E-state index in [4.69, 9.17) is 11.6 Å². The van der Waals surface area contributed by atoms with Gasteiger partial charge in [-0.15, -0.1) is 0 Å². The normalized spacial score (nSPS) is 10.3. The van der Waals surface area contributed by atoms with Crippen LogP contribution in [-0.2, 0) is 11.2 Å². The van der Waals surface area contributed by atoms with Gasteiger partial charge < -0.3 is 5.32 Å². The van der Waals surface area contributed by atoms with Crippen LogP contribution in [0.1, 0.15) is 17.5 Å². The first-order chi connectivity index (χ1) is 9.54. The minimum atomic E-state index is -0.00593. The lowest BCUT2D eigenvalue weighted by molar-refractivity contribution is -0.116. The van der Waals surface area contributed by atoms with Crippen molar-refractivity contribution in [1.82, 2.24) is 0 Å². The van der Waals surface area contributed by atoms with Gasteiger partial charge in [0.25, 0.3) is 0 Å². The number of amides is 1. The second kappa shape index (κ2) is 6.91. The first-order valence-corrected chi connectivity index (χ1v) is 7.52. The zero-order valence-electron chi connectivity index (χ0n) is 11.1. The third kappa shape index (κ3) is 4.36. The van der Waals surface area contributed by atoms with E-state index in [0.717, 1.165) is 16.6 Å². The summed E-state index contributed by atoms with van der Waals surface area (Å²) in [5, 5.41) is 3.51. The molecule has 0 unspecified atom stereocenters. The van der Waals surface area contributed by atoms with Gasteiger partial charge in [-0.2, -0.15) is 0 Å². The third-order valence-corrected chi connectivity index (χ3v) is 3.86. The lowest BCUT2D eigenvalue weighted by Gasteiger charge is -2.08. The van der Waals surface area contributed by atoms with Crippen LogP contribution in [0.5, 0.6) is 0 Å².